The van der Waals surface area contributed by atoms with E-state index < -0.39 is 6.09 Å². The Morgan fingerprint density at radius 3 is 2.83 bits per heavy atom. The topological polar surface area (TPSA) is 70.2 Å². The number of anilines is 2. The molecule has 0 unspecified atom stereocenters. The van der Waals surface area contributed by atoms with Crippen LogP contribution >= 0.6 is 11.8 Å². The van der Waals surface area contributed by atoms with Gasteiger partial charge >= 0.3 is 6.09 Å². The predicted molar refractivity (Wildman–Crippen MR) is 96.7 cm³/mol. The number of aromatic nitrogens is 2. The SMILES string of the molecule is CCCCOC(=O)Nc1cc2[nH]c(SCC)nc2cc1N(C)C. The average Bonchev–Trinajstić information content (AvgIpc) is 2.88. The number of imidazole rings is 1. The van der Waals surface area contributed by atoms with E-state index in [2.05, 4.69) is 29.1 Å². The molecule has 7 heteroatoms. The Bertz CT molecular complexity index is 669. The van der Waals surface area contributed by atoms with Gasteiger partial charge in [0.1, 0.15) is 0 Å². The number of amides is 1. The molecular formula is C16H24N4O2S. The van der Waals surface area contributed by atoms with Crippen molar-refractivity contribution in [2.45, 2.75) is 31.8 Å². The lowest BCUT2D eigenvalue weighted by molar-refractivity contribution is 0.160. The van der Waals surface area contributed by atoms with E-state index in [-0.39, 0.29) is 0 Å². The number of hydrogen-bond acceptors (Lipinski definition) is 5. The van der Waals surface area contributed by atoms with Gasteiger partial charge in [0.2, 0.25) is 0 Å². The molecule has 0 saturated carbocycles. The van der Waals surface area contributed by atoms with Crippen LogP contribution in [-0.4, -0.2) is 42.5 Å². The molecule has 0 aliphatic carbocycles. The van der Waals surface area contributed by atoms with Gasteiger partial charge in [-0.25, -0.2) is 9.78 Å². The second-order valence-electron chi connectivity index (χ2n) is 5.37. The first-order valence-electron chi connectivity index (χ1n) is 7.82. The van der Waals surface area contributed by atoms with Gasteiger partial charge in [0.05, 0.1) is 29.0 Å². The van der Waals surface area contributed by atoms with Gasteiger partial charge in [0.15, 0.2) is 5.16 Å². The van der Waals surface area contributed by atoms with Crippen LogP contribution in [0.4, 0.5) is 16.2 Å². The molecule has 1 heterocycles. The van der Waals surface area contributed by atoms with Gasteiger partial charge in [-0.1, -0.05) is 32.0 Å². The molecule has 0 aliphatic rings. The van der Waals surface area contributed by atoms with Gasteiger partial charge < -0.3 is 14.6 Å². The number of thioether (sulfide) groups is 1. The molecule has 6 nitrogen and oxygen atoms in total. The quantitative estimate of drug-likeness (QED) is 0.589. The van der Waals surface area contributed by atoms with Crippen molar-refractivity contribution in [3.05, 3.63) is 12.1 Å². The summed E-state index contributed by atoms with van der Waals surface area (Å²) in [6, 6.07) is 3.87. The molecule has 1 aromatic heterocycles. The van der Waals surface area contributed by atoms with Crippen molar-refractivity contribution >= 4 is 40.3 Å². The maximum atomic E-state index is 11.9. The smallest absolute Gasteiger partial charge is 0.411 e. The summed E-state index contributed by atoms with van der Waals surface area (Å²) >= 11 is 1.66. The Morgan fingerprint density at radius 1 is 1.39 bits per heavy atom. The summed E-state index contributed by atoms with van der Waals surface area (Å²) in [6.45, 7) is 4.58. The molecule has 0 fully saturated rings. The number of benzene rings is 1. The van der Waals surface area contributed by atoms with E-state index >= 15 is 0 Å². The molecule has 23 heavy (non-hydrogen) atoms. The third-order valence-corrected chi connectivity index (χ3v) is 4.06. The first-order valence-corrected chi connectivity index (χ1v) is 8.81. The van der Waals surface area contributed by atoms with Crippen molar-refractivity contribution < 1.29 is 9.53 Å². The van der Waals surface area contributed by atoms with Crippen LogP contribution in [0, 0.1) is 0 Å². The van der Waals surface area contributed by atoms with Crippen LogP contribution < -0.4 is 10.2 Å². The zero-order chi connectivity index (χ0) is 16.8. The average molecular weight is 336 g/mol. The Hall–Kier alpha value is -1.89. The highest BCUT2D eigenvalue weighted by atomic mass is 32.2. The highest BCUT2D eigenvalue weighted by Gasteiger charge is 2.13. The number of carbonyl (C=O) groups excluding carboxylic acids is 1. The summed E-state index contributed by atoms with van der Waals surface area (Å²) in [4.78, 5) is 21.7. The van der Waals surface area contributed by atoms with E-state index in [9.17, 15) is 4.79 Å². The van der Waals surface area contributed by atoms with Crippen LogP contribution in [0.25, 0.3) is 11.0 Å². The van der Waals surface area contributed by atoms with E-state index in [1.165, 1.54) is 0 Å². The summed E-state index contributed by atoms with van der Waals surface area (Å²) in [6.07, 6.45) is 1.43. The second kappa shape index (κ2) is 8.10. The number of nitrogens with zero attached hydrogens (tertiary/aromatic N) is 2. The Balaban J connectivity index is 2.25. The molecule has 126 valence electrons. The Kier molecular flexibility index (Phi) is 6.15. The highest BCUT2D eigenvalue weighted by Crippen LogP contribution is 2.31. The van der Waals surface area contributed by atoms with Crippen molar-refractivity contribution in [2.24, 2.45) is 0 Å². The van der Waals surface area contributed by atoms with Gasteiger partial charge in [-0.15, -0.1) is 0 Å². The Morgan fingerprint density at radius 2 is 2.17 bits per heavy atom. The van der Waals surface area contributed by atoms with Gasteiger partial charge in [0, 0.05) is 14.1 Å². The fourth-order valence-electron chi connectivity index (χ4n) is 2.15. The van der Waals surface area contributed by atoms with Gasteiger partial charge in [-0.05, 0) is 24.3 Å². The monoisotopic (exact) mass is 336 g/mol. The van der Waals surface area contributed by atoms with Crippen LogP contribution in [0.5, 0.6) is 0 Å². The molecule has 0 bridgehead atoms. The van der Waals surface area contributed by atoms with Gasteiger partial charge in [-0.2, -0.15) is 0 Å². The minimum Gasteiger partial charge on any atom is -0.449 e. The van der Waals surface area contributed by atoms with Crippen LogP contribution in [0.2, 0.25) is 0 Å². The van der Waals surface area contributed by atoms with Crippen LogP contribution in [0.1, 0.15) is 26.7 Å². The van der Waals surface area contributed by atoms with Crippen molar-refractivity contribution in [1.29, 1.82) is 0 Å². The summed E-state index contributed by atoms with van der Waals surface area (Å²) < 4.78 is 5.18. The molecule has 0 radical (unpaired) electrons. The molecular weight excluding hydrogens is 312 g/mol. The lowest BCUT2D eigenvalue weighted by Gasteiger charge is -2.18. The van der Waals surface area contributed by atoms with Gasteiger partial charge in [-0.3, -0.25) is 5.32 Å². The van der Waals surface area contributed by atoms with Crippen molar-refractivity contribution in [3.63, 3.8) is 0 Å². The molecule has 0 spiro atoms. The molecule has 0 saturated heterocycles. The number of aromatic amines is 1. The minimum absolute atomic E-state index is 0.427. The number of rotatable bonds is 7. The molecule has 1 aromatic carbocycles. The third-order valence-electron chi connectivity index (χ3n) is 3.31. The number of ether oxygens (including phenoxy) is 1. The predicted octanol–water partition coefficient (Wildman–Crippen LogP) is 4.09. The highest BCUT2D eigenvalue weighted by molar-refractivity contribution is 7.99. The summed E-state index contributed by atoms with van der Waals surface area (Å²) in [5, 5.41) is 3.71. The van der Waals surface area contributed by atoms with E-state index in [0.29, 0.717) is 12.3 Å². The van der Waals surface area contributed by atoms with E-state index in [1.54, 1.807) is 11.8 Å². The maximum absolute atomic E-state index is 11.9. The number of carbonyl (C=O) groups is 1. The number of unbranched alkanes of at least 4 members (excludes halogenated alkanes) is 1. The van der Waals surface area contributed by atoms with Crippen molar-refractivity contribution in [2.75, 3.05) is 36.7 Å². The first-order chi connectivity index (χ1) is 11.0. The lowest BCUT2D eigenvalue weighted by atomic mass is 10.2. The molecule has 2 N–H and O–H groups in total. The summed E-state index contributed by atoms with van der Waals surface area (Å²) in [7, 11) is 3.87. The number of nitrogens with one attached hydrogen (secondary N) is 2. The van der Waals surface area contributed by atoms with Crippen LogP contribution in [0.3, 0.4) is 0 Å². The van der Waals surface area contributed by atoms with Crippen LogP contribution in [-0.2, 0) is 4.74 Å². The molecule has 0 atom stereocenters. The largest absolute Gasteiger partial charge is 0.449 e. The zero-order valence-electron chi connectivity index (χ0n) is 14.1. The number of H-pyrrole nitrogens is 1. The minimum atomic E-state index is -0.427. The Labute approximate surface area is 141 Å². The molecule has 0 aliphatic heterocycles. The number of hydrogen-bond donors (Lipinski definition) is 2. The first kappa shape index (κ1) is 17.5. The van der Waals surface area contributed by atoms with Crippen molar-refractivity contribution in [3.8, 4) is 0 Å². The van der Waals surface area contributed by atoms with E-state index in [1.807, 2.05) is 31.1 Å². The standard InChI is InChI=1S/C16H24N4O2S/c1-5-7-8-22-16(21)19-13-9-11-12(10-14(13)20(3)4)18-15(17-11)23-6-2/h9-10H,5-8H2,1-4H3,(H,17,18)(H,19,21). The second-order valence-corrected chi connectivity index (χ2v) is 6.62. The molecule has 2 aromatic rings. The molecule has 1 amide bonds. The third kappa shape index (κ3) is 4.54. The normalized spacial score (nSPS) is 10.8. The van der Waals surface area contributed by atoms with Crippen molar-refractivity contribution in [1.82, 2.24) is 9.97 Å². The molecule has 2 rings (SSSR count). The lowest BCUT2D eigenvalue weighted by Crippen LogP contribution is -2.18. The van der Waals surface area contributed by atoms with Crippen LogP contribution in [0.15, 0.2) is 17.3 Å². The maximum Gasteiger partial charge on any atom is 0.411 e. The zero-order valence-corrected chi connectivity index (χ0v) is 14.9. The summed E-state index contributed by atoms with van der Waals surface area (Å²) in [5.41, 5.74) is 3.38. The fraction of sp³-hybridized carbons (Fsp3) is 0.500. The van der Waals surface area contributed by atoms with Gasteiger partial charge in [0.25, 0.3) is 0 Å². The summed E-state index contributed by atoms with van der Waals surface area (Å²) in [5.74, 6) is 0.954. The van der Waals surface area contributed by atoms with E-state index in [0.717, 1.165) is 40.5 Å². The fourth-order valence-corrected chi connectivity index (χ4v) is 2.77. The number of fused-ring (bicyclic) bond motifs is 1. The van der Waals surface area contributed by atoms with E-state index in [4.69, 9.17) is 4.74 Å².